The molecule has 0 aliphatic carbocycles. The zero-order valence-electron chi connectivity index (χ0n) is 13.8. The molecular weight excluding hydrogens is 405 g/mol. The Morgan fingerprint density at radius 1 is 1.19 bits per heavy atom. The van der Waals surface area contributed by atoms with Gasteiger partial charge in [0.15, 0.2) is 0 Å². The second-order valence-corrected chi connectivity index (χ2v) is 6.84. The van der Waals surface area contributed by atoms with Crippen LogP contribution in [0.3, 0.4) is 0 Å². The summed E-state index contributed by atoms with van der Waals surface area (Å²) in [5, 5.41) is 5.17. The molecule has 8 heteroatoms. The molecule has 2 aromatic carbocycles. The number of hydrogen-bond acceptors (Lipinski definition) is 3. The van der Waals surface area contributed by atoms with Crippen LogP contribution >= 0.6 is 15.9 Å². The number of benzene rings is 2. The van der Waals surface area contributed by atoms with E-state index in [2.05, 4.69) is 26.6 Å². The first-order chi connectivity index (χ1) is 12.3. The number of nitrogens with one attached hydrogen (secondary N) is 2. The Hall–Kier alpha value is -2.74. The van der Waals surface area contributed by atoms with E-state index in [4.69, 9.17) is 0 Å². The van der Waals surface area contributed by atoms with Crippen molar-refractivity contribution in [2.24, 2.45) is 0 Å². The molecule has 0 saturated carbocycles. The highest BCUT2D eigenvalue weighted by atomic mass is 79.9. The van der Waals surface area contributed by atoms with E-state index in [9.17, 15) is 18.8 Å². The van der Waals surface area contributed by atoms with Crippen molar-refractivity contribution in [3.63, 3.8) is 0 Å². The summed E-state index contributed by atoms with van der Waals surface area (Å²) in [6.07, 6.45) is 0. The largest absolute Gasteiger partial charge is 0.325 e. The second kappa shape index (κ2) is 6.87. The minimum atomic E-state index is -1.27. The lowest BCUT2D eigenvalue weighted by atomic mass is 9.92. The number of urea groups is 1. The summed E-state index contributed by atoms with van der Waals surface area (Å²) in [6, 6.07) is 11.6. The predicted molar refractivity (Wildman–Crippen MR) is 96.8 cm³/mol. The van der Waals surface area contributed by atoms with E-state index in [1.807, 2.05) is 0 Å². The van der Waals surface area contributed by atoms with Crippen LogP contribution in [0.15, 0.2) is 53.0 Å². The molecule has 0 spiro atoms. The predicted octanol–water partition coefficient (Wildman–Crippen LogP) is 2.99. The highest BCUT2D eigenvalue weighted by molar-refractivity contribution is 9.10. The van der Waals surface area contributed by atoms with Crippen LogP contribution in [-0.4, -0.2) is 29.3 Å². The lowest BCUT2D eigenvalue weighted by Gasteiger charge is -2.23. The topological polar surface area (TPSA) is 78.5 Å². The third kappa shape index (κ3) is 3.32. The zero-order chi connectivity index (χ0) is 18.9. The van der Waals surface area contributed by atoms with Gasteiger partial charge in [-0.2, -0.15) is 0 Å². The van der Waals surface area contributed by atoms with Gasteiger partial charge < -0.3 is 10.6 Å². The third-order valence-electron chi connectivity index (χ3n) is 4.12. The SMILES string of the molecule is C[C@]1(c2ccccc2Br)NC(=O)N(CC(=O)Nc2ccc(F)cc2)C1=O. The van der Waals surface area contributed by atoms with Crippen molar-refractivity contribution >= 4 is 39.5 Å². The Kier molecular flexibility index (Phi) is 4.78. The Labute approximate surface area is 157 Å². The van der Waals surface area contributed by atoms with Crippen molar-refractivity contribution in [1.82, 2.24) is 10.2 Å². The Bertz CT molecular complexity index is 888. The van der Waals surface area contributed by atoms with Gasteiger partial charge in [-0.15, -0.1) is 0 Å². The molecule has 26 heavy (non-hydrogen) atoms. The van der Waals surface area contributed by atoms with Crippen LogP contribution in [0.25, 0.3) is 0 Å². The molecule has 1 heterocycles. The first-order valence-electron chi connectivity index (χ1n) is 7.76. The van der Waals surface area contributed by atoms with Gasteiger partial charge in [0.05, 0.1) is 0 Å². The molecule has 1 saturated heterocycles. The van der Waals surface area contributed by atoms with Gasteiger partial charge in [0.1, 0.15) is 17.9 Å². The van der Waals surface area contributed by atoms with E-state index >= 15 is 0 Å². The Morgan fingerprint density at radius 2 is 1.85 bits per heavy atom. The van der Waals surface area contributed by atoms with Gasteiger partial charge in [0.2, 0.25) is 5.91 Å². The van der Waals surface area contributed by atoms with Crippen LogP contribution in [0.4, 0.5) is 14.9 Å². The average molecular weight is 420 g/mol. The van der Waals surface area contributed by atoms with Crippen molar-refractivity contribution in [3.05, 3.63) is 64.4 Å². The molecule has 0 bridgehead atoms. The molecule has 1 fully saturated rings. The molecular formula is C18H15BrFN3O3. The fraction of sp³-hybridized carbons (Fsp3) is 0.167. The van der Waals surface area contributed by atoms with Gasteiger partial charge in [0.25, 0.3) is 5.91 Å². The summed E-state index contributed by atoms with van der Waals surface area (Å²) in [5.74, 6) is -1.51. The maximum Gasteiger partial charge on any atom is 0.325 e. The fourth-order valence-corrected chi connectivity index (χ4v) is 3.45. The summed E-state index contributed by atoms with van der Waals surface area (Å²) >= 11 is 3.38. The lowest BCUT2D eigenvalue weighted by molar-refractivity contribution is -0.133. The van der Waals surface area contributed by atoms with E-state index in [0.717, 1.165) is 4.90 Å². The lowest BCUT2D eigenvalue weighted by Crippen LogP contribution is -2.42. The molecule has 2 aromatic rings. The van der Waals surface area contributed by atoms with Crippen molar-refractivity contribution in [2.45, 2.75) is 12.5 Å². The van der Waals surface area contributed by atoms with Gasteiger partial charge in [-0.3, -0.25) is 14.5 Å². The average Bonchev–Trinajstić information content (AvgIpc) is 2.81. The number of nitrogens with zero attached hydrogens (tertiary/aromatic N) is 1. The van der Waals surface area contributed by atoms with Crippen molar-refractivity contribution < 1.29 is 18.8 Å². The van der Waals surface area contributed by atoms with Gasteiger partial charge in [0, 0.05) is 15.7 Å². The van der Waals surface area contributed by atoms with E-state index in [-0.39, 0.29) is 0 Å². The molecule has 3 rings (SSSR count). The Balaban J connectivity index is 1.76. The van der Waals surface area contributed by atoms with Crippen LogP contribution in [0, 0.1) is 5.82 Å². The Morgan fingerprint density at radius 3 is 2.50 bits per heavy atom. The molecule has 0 aromatic heterocycles. The number of carbonyl (C=O) groups is 3. The highest BCUT2D eigenvalue weighted by Gasteiger charge is 2.50. The summed E-state index contributed by atoms with van der Waals surface area (Å²) in [7, 11) is 0. The summed E-state index contributed by atoms with van der Waals surface area (Å²) in [6.45, 7) is 1.15. The first-order valence-corrected chi connectivity index (χ1v) is 8.55. The molecule has 0 unspecified atom stereocenters. The van der Waals surface area contributed by atoms with Crippen LogP contribution < -0.4 is 10.6 Å². The van der Waals surface area contributed by atoms with Crippen LogP contribution in [0.2, 0.25) is 0 Å². The molecule has 2 N–H and O–H groups in total. The number of amides is 4. The molecule has 134 valence electrons. The maximum atomic E-state index is 12.9. The highest BCUT2D eigenvalue weighted by Crippen LogP contribution is 2.33. The number of hydrogen-bond donors (Lipinski definition) is 2. The molecule has 1 atom stereocenters. The number of carbonyl (C=O) groups excluding carboxylic acids is 3. The number of imide groups is 1. The van der Waals surface area contributed by atoms with E-state index in [1.54, 1.807) is 31.2 Å². The standard InChI is InChI=1S/C18H15BrFN3O3/c1-18(13-4-2-3-5-14(13)19)16(25)23(17(26)22-18)10-15(24)21-12-8-6-11(20)7-9-12/h2-9H,10H2,1H3,(H,21,24)(H,22,26)/t18-/m1/s1. The van der Waals surface area contributed by atoms with Crippen molar-refractivity contribution in [2.75, 3.05) is 11.9 Å². The van der Waals surface area contributed by atoms with Crippen molar-refractivity contribution in [1.29, 1.82) is 0 Å². The number of rotatable bonds is 4. The molecule has 4 amide bonds. The minimum absolute atomic E-state index is 0.372. The summed E-state index contributed by atoms with van der Waals surface area (Å²) in [5.41, 5.74) is -0.301. The van der Waals surface area contributed by atoms with Crippen LogP contribution in [0.1, 0.15) is 12.5 Å². The van der Waals surface area contributed by atoms with Crippen molar-refractivity contribution in [3.8, 4) is 0 Å². The fourth-order valence-electron chi connectivity index (χ4n) is 2.77. The van der Waals surface area contributed by atoms with E-state index in [0.29, 0.717) is 15.7 Å². The summed E-state index contributed by atoms with van der Waals surface area (Å²) in [4.78, 5) is 38.1. The van der Waals surface area contributed by atoms with Crippen LogP contribution in [0.5, 0.6) is 0 Å². The summed E-state index contributed by atoms with van der Waals surface area (Å²) < 4.78 is 13.6. The minimum Gasteiger partial charge on any atom is -0.325 e. The molecule has 1 aliphatic heterocycles. The smallest absolute Gasteiger partial charge is 0.325 e. The third-order valence-corrected chi connectivity index (χ3v) is 4.81. The second-order valence-electron chi connectivity index (χ2n) is 5.98. The molecule has 6 nitrogen and oxygen atoms in total. The van der Waals surface area contributed by atoms with Gasteiger partial charge in [-0.05, 0) is 37.3 Å². The van der Waals surface area contributed by atoms with E-state index < -0.39 is 35.7 Å². The van der Waals surface area contributed by atoms with Gasteiger partial charge >= 0.3 is 6.03 Å². The van der Waals surface area contributed by atoms with E-state index in [1.165, 1.54) is 24.3 Å². The normalized spacial score (nSPS) is 19.4. The number of halogens is 2. The molecule has 1 aliphatic rings. The monoisotopic (exact) mass is 419 g/mol. The van der Waals surface area contributed by atoms with Gasteiger partial charge in [-0.25, -0.2) is 9.18 Å². The zero-order valence-corrected chi connectivity index (χ0v) is 15.3. The van der Waals surface area contributed by atoms with Gasteiger partial charge in [-0.1, -0.05) is 34.1 Å². The maximum absolute atomic E-state index is 12.9. The molecule has 0 radical (unpaired) electrons. The first kappa shape index (κ1) is 18.1. The van der Waals surface area contributed by atoms with Crippen LogP contribution in [-0.2, 0) is 15.1 Å². The number of anilines is 1. The quantitative estimate of drug-likeness (QED) is 0.747.